The van der Waals surface area contributed by atoms with Gasteiger partial charge in [0.05, 0.1) is 11.6 Å². The standard InChI is InChI=1S/C13H20ClN5O/c1-8(2)7-20-11-4-3-9(5-10(11)14)6-18-13(17)19-12(15)16/h3-5,8H,6-7H2,1-2H3,(H6,15,16,17,18,19)/p+2. The van der Waals surface area contributed by atoms with E-state index in [9.17, 15) is 0 Å². The molecule has 7 heteroatoms. The lowest BCUT2D eigenvalue weighted by Gasteiger charge is -2.10. The van der Waals surface area contributed by atoms with Crippen molar-refractivity contribution in [1.29, 1.82) is 0 Å². The monoisotopic (exact) mass is 299 g/mol. The van der Waals surface area contributed by atoms with E-state index in [0.717, 1.165) is 5.56 Å². The maximum atomic E-state index is 6.16. The van der Waals surface area contributed by atoms with Gasteiger partial charge < -0.3 is 16.2 Å². The van der Waals surface area contributed by atoms with E-state index >= 15 is 0 Å². The third-order valence-electron chi connectivity index (χ3n) is 2.33. The first-order valence-electron chi connectivity index (χ1n) is 6.31. The lowest BCUT2D eigenvalue weighted by atomic mass is 10.2. The Morgan fingerprint density at radius 2 is 2.00 bits per heavy atom. The number of nitrogens with two attached hydrogens (primary N) is 3. The number of hydrogen-bond acceptors (Lipinski definition) is 1. The van der Waals surface area contributed by atoms with Crippen molar-refractivity contribution in [2.24, 2.45) is 23.1 Å². The average Bonchev–Trinajstić information content (AvgIpc) is 2.34. The molecular weight excluding hydrogens is 278 g/mol. The van der Waals surface area contributed by atoms with Gasteiger partial charge in [0.15, 0.2) is 0 Å². The van der Waals surface area contributed by atoms with Crippen molar-refractivity contribution >= 4 is 23.5 Å². The van der Waals surface area contributed by atoms with Crippen LogP contribution in [0.5, 0.6) is 5.75 Å². The smallest absolute Gasteiger partial charge is 0.492 e. The summed E-state index contributed by atoms with van der Waals surface area (Å²) >= 11 is 6.16. The fourth-order valence-electron chi connectivity index (χ4n) is 1.42. The van der Waals surface area contributed by atoms with Crippen molar-refractivity contribution < 1.29 is 14.7 Å². The zero-order chi connectivity index (χ0) is 15.1. The molecular formula is C13H22ClN5O+2. The van der Waals surface area contributed by atoms with Gasteiger partial charge in [-0.25, -0.2) is 5.73 Å². The quantitative estimate of drug-likeness (QED) is 0.308. The number of rotatable bonds is 5. The normalized spacial score (nSPS) is 11.5. The lowest BCUT2D eigenvalue weighted by Crippen LogP contribution is -2.97. The fraction of sp³-hybridized carbons (Fsp3) is 0.385. The molecule has 0 bridgehead atoms. The second-order valence-electron chi connectivity index (χ2n) is 4.82. The third kappa shape index (κ3) is 5.79. The molecule has 0 aliphatic rings. The van der Waals surface area contributed by atoms with E-state index in [2.05, 4.69) is 23.8 Å². The maximum absolute atomic E-state index is 6.16. The molecule has 0 saturated heterocycles. The summed E-state index contributed by atoms with van der Waals surface area (Å²) < 4.78 is 5.60. The summed E-state index contributed by atoms with van der Waals surface area (Å²) in [7, 11) is 0. The molecule has 110 valence electrons. The first kappa shape index (κ1) is 16.1. The van der Waals surface area contributed by atoms with Gasteiger partial charge in [0, 0.05) is 5.56 Å². The van der Waals surface area contributed by atoms with Crippen LogP contribution >= 0.6 is 11.6 Å². The van der Waals surface area contributed by atoms with E-state index < -0.39 is 0 Å². The summed E-state index contributed by atoms with van der Waals surface area (Å²) in [6, 6.07) is 5.58. The number of halogens is 1. The number of nitrogens with one attached hydrogen (secondary N) is 2. The Morgan fingerprint density at radius 1 is 1.30 bits per heavy atom. The largest absolute Gasteiger partial charge is 0.517 e. The highest BCUT2D eigenvalue weighted by atomic mass is 35.5. The Hall–Kier alpha value is -1.95. The lowest BCUT2D eigenvalue weighted by molar-refractivity contribution is -0.536. The maximum Gasteiger partial charge on any atom is 0.517 e. The fourth-order valence-corrected chi connectivity index (χ4v) is 1.68. The van der Waals surface area contributed by atoms with Gasteiger partial charge >= 0.3 is 5.96 Å². The Morgan fingerprint density at radius 3 is 2.55 bits per heavy atom. The van der Waals surface area contributed by atoms with Crippen LogP contribution in [-0.4, -0.2) is 18.5 Å². The van der Waals surface area contributed by atoms with Gasteiger partial charge in [-0.3, -0.25) is 0 Å². The molecule has 1 aromatic rings. The molecule has 8 N–H and O–H groups in total. The van der Waals surface area contributed by atoms with E-state index in [-0.39, 0.29) is 11.9 Å². The molecule has 0 unspecified atom stereocenters. The summed E-state index contributed by atoms with van der Waals surface area (Å²) in [6.07, 6.45) is 0. The van der Waals surface area contributed by atoms with Crippen LogP contribution in [0.1, 0.15) is 19.4 Å². The number of benzene rings is 1. The highest BCUT2D eigenvalue weighted by Gasteiger charge is 2.07. The molecule has 6 nitrogen and oxygen atoms in total. The highest BCUT2D eigenvalue weighted by Crippen LogP contribution is 2.25. The Kier molecular flexibility index (Phi) is 6.11. The third-order valence-corrected chi connectivity index (χ3v) is 2.63. The molecule has 0 aliphatic heterocycles. The predicted molar refractivity (Wildman–Crippen MR) is 80.0 cm³/mol. The zero-order valence-electron chi connectivity index (χ0n) is 11.7. The minimum Gasteiger partial charge on any atom is -0.492 e. The Bertz CT molecular complexity index is 509. The van der Waals surface area contributed by atoms with E-state index in [1.165, 1.54) is 0 Å². The van der Waals surface area contributed by atoms with Crippen LogP contribution < -0.4 is 31.9 Å². The summed E-state index contributed by atoms with van der Waals surface area (Å²) in [6.45, 7) is 5.29. The van der Waals surface area contributed by atoms with Gasteiger partial charge in [0.25, 0.3) is 5.96 Å². The Labute approximate surface area is 123 Å². The van der Waals surface area contributed by atoms with Gasteiger partial charge in [-0.05, 0) is 18.1 Å². The second kappa shape index (κ2) is 7.59. The molecule has 0 amide bonds. The summed E-state index contributed by atoms with van der Waals surface area (Å²) in [5, 5.41) is 0.571. The van der Waals surface area contributed by atoms with Crippen molar-refractivity contribution in [3.8, 4) is 5.75 Å². The Balaban J connectivity index is 2.70. The van der Waals surface area contributed by atoms with Gasteiger partial charge in [0.1, 0.15) is 12.3 Å². The van der Waals surface area contributed by atoms with E-state index in [1.807, 2.05) is 18.2 Å². The summed E-state index contributed by atoms with van der Waals surface area (Å²) in [5.74, 6) is 1.44. The van der Waals surface area contributed by atoms with Crippen LogP contribution in [0, 0.1) is 5.92 Å². The van der Waals surface area contributed by atoms with Crippen LogP contribution in [-0.2, 0) is 6.54 Å². The first-order valence-corrected chi connectivity index (χ1v) is 6.68. The highest BCUT2D eigenvalue weighted by molar-refractivity contribution is 6.32. The van der Waals surface area contributed by atoms with Crippen molar-refractivity contribution in [3.63, 3.8) is 0 Å². The summed E-state index contributed by atoms with van der Waals surface area (Å²) in [4.78, 5) is 5.50. The molecule has 0 spiro atoms. The minimum atomic E-state index is 0.0328. The van der Waals surface area contributed by atoms with E-state index in [1.54, 1.807) is 0 Å². The van der Waals surface area contributed by atoms with Crippen molar-refractivity contribution in [1.82, 2.24) is 0 Å². The minimum absolute atomic E-state index is 0.0328. The van der Waals surface area contributed by atoms with Gasteiger partial charge in [-0.1, -0.05) is 31.5 Å². The first-order chi connectivity index (χ1) is 9.38. The molecule has 0 aromatic heterocycles. The van der Waals surface area contributed by atoms with Gasteiger partial charge in [0.2, 0.25) is 0 Å². The molecule has 0 atom stereocenters. The molecule has 1 rings (SSSR count). The van der Waals surface area contributed by atoms with Crippen LogP contribution in [0.15, 0.2) is 18.2 Å². The topological polar surface area (TPSA) is 115 Å². The molecule has 0 aliphatic carbocycles. The van der Waals surface area contributed by atoms with E-state index in [0.29, 0.717) is 29.8 Å². The van der Waals surface area contributed by atoms with Gasteiger partial charge in [-0.2, -0.15) is 4.99 Å². The molecule has 0 heterocycles. The van der Waals surface area contributed by atoms with Crippen LogP contribution in [0.4, 0.5) is 0 Å². The second-order valence-corrected chi connectivity index (χ2v) is 5.22. The average molecular weight is 300 g/mol. The van der Waals surface area contributed by atoms with Crippen molar-refractivity contribution in [2.75, 3.05) is 6.61 Å². The van der Waals surface area contributed by atoms with Crippen molar-refractivity contribution in [2.45, 2.75) is 20.4 Å². The SMILES string of the molecule is CC(C)COc1ccc(C[NH+]=C(N)[NH+]=C(N)N)cc1Cl. The van der Waals surface area contributed by atoms with Crippen LogP contribution in [0.2, 0.25) is 5.02 Å². The number of hydrogen-bond donors (Lipinski definition) is 5. The molecule has 1 aromatic carbocycles. The zero-order valence-corrected chi connectivity index (χ0v) is 12.5. The van der Waals surface area contributed by atoms with Crippen LogP contribution in [0.3, 0.4) is 0 Å². The summed E-state index contributed by atoms with van der Waals surface area (Å²) in [5.41, 5.74) is 17.1. The number of ether oxygens (including phenoxy) is 1. The van der Waals surface area contributed by atoms with Crippen molar-refractivity contribution in [3.05, 3.63) is 28.8 Å². The molecule has 0 saturated carbocycles. The predicted octanol–water partition coefficient (Wildman–Crippen LogP) is -2.38. The van der Waals surface area contributed by atoms with Gasteiger partial charge in [-0.15, -0.1) is 4.99 Å². The number of guanidine groups is 2. The molecule has 20 heavy (non-hydrogen) atoms. The van der Waals surface area contributed by atoms with Crippen LogP contribution in [0.25, 0.3) is 0 Å². The molecule has 0 radical (unpaired) electrons. The molecule has 0 fully saturated rings. The van der Waals surface area contributed by atoms with E-state index in [4.69, 9.17) is 33.5 Å².